The number of benzene rings is 1. The highest BCUT2D eigenvalue weighted by Crippen LogP contribution is 2.36. The van der Waals surface area contributed by atoms with E-state index < -0.39 is 46.4 Å². The number of pyridine rings is 2. The van der Waals surface area contributed by atoms with Crippen LogP contribution in [0.15, 0.2) is 55.8 Å². The van der Waals surface area contributed by atoms with E-state index in [-0.39, 0.29) is 18.6 Å². The third-order valence-electron chi connectivity index (χ3n) is 4.15. The van der Waals surface area contributed by atoms with Gasteiger partial charge in [0.1, 0.15) is 11.4 Å². The second-order valence-corrected chi connectivity index (χ2v) is 6.26. The van der Waals surface area contributed by atoms with Crippen molar-refractivity contribution in [2.45, 2.75) is 20.0 Å². The normalized spacial score (nSPS) is 10.7. The lowest BCUT2D eigenvalue weighted by Gasteiger charge is -2.17. The molecule has 3 rings (SSSR count). The van der Waals surface area contributed by atoms with Crippen molar-refractivity contribution in [3.05, 3.63) is 89.9 Å². The second kappa shape index (κ2) is 9.99. The Morgan fingerprint density at radius 1 is 1.06 bits per heavy atom. The van der Waals surface area contributed by atoms with E-state index in [9.17, 15) is 26.7 Å². The molecule has 0 aliphatic heterocycles. The van der Waals surface area contributed by atoms with Gasteiger partial charge in [-0.25, -0.2) is 14.4 Å². The SMILES string of the molecule is C=C.Cc1nc(F)ccc1Oc1ncc(C(F)(F)F)c(C)c1C(=O)Nc1ccc(F)cc1.[HH]. The Kier molecular flexibility index (Phi) is 7.63. The van der Waals surface area contributed by atoms with Gasteiger partial charge in [-0.1, -0.05) is 0 Å². The predicted molar refractivity (Wildman–Crippen MR) is 111 cm³/mol. The van der Waals surface area contributed by atoms with E-state index in [4.69, 9.17) is 4.74 Å². The van der Waals surface area contributed by atoms with Gasteiger partial charge >= 0.3 is 6.18 Å². The van der Waals surface area contributed by atoms with Gasteiger partial charge in [0.2, 0.25) is 11.8 Å². The molecule has 0 atom stereocenters. The van der Waals surface area contributed by atoms with Gasteiger partial charge < -0.3 is 10.1 Å². The number of ether oxygens (including phenoxy) is 1. The monoisotopic (exact) mass is 453 g/mol. The molecule has 0 aliphatic rings. The summed E-state index contributed by atoms with van der Waals surface area (Å²) in [4.78, 5) is 20.0. The van der Waals surface area contributed by atoms with Crippen LogP contribution in [-0.2, 0) is 6.18 Å². The maximum Gasteiger partial charge on any atom is 0.418 e. The minimum Gasteiger partial charge on any atom is -0.436 e. The molecule has 0 saturated carbocycles. The Labute approximate surface area is 182 Å². The summed E-state index contributed by atoms with van der Waals surface area (Å²) in [5, 5.41) is 2.39. The van der Waals surface area contributed by atoms with Crippen molar-refractivity contribution < 1.29 is 32.9 Å². The lowest BCUT2D eigenvalue weighted by atomic mass is 10.0. The van der Waals surface area contributed by atoms with E-state index in [1.807, 2.05) is 0 Å². The highest BCUT2D eigenvalue weighted by atomic mass is 19.4. The number of hydrogen-bond donors (Lipinski definition) is 1. The lowest BCUT2D eigenvalue weighted by molar-refractivity contribution is -0.138. The van der Waals surface area contributed by atoms with Crippen LogP contribution in [0.2, 0.25) is 0 Å². The third kappa shape index (κ3) is 5.65. The van der Waals surface area contributed by atoms with E-state index >= 15 is 0 Å². The smallest absolute Gasteiger partial charge is 0.418 e. The molecule has 1 aromatic carbocycles. The number of hydrogen-bond acceptors (Lipinski definition) is 4. The molecule has 2 heterocycles. The molecule has 2 aromatic heterocycles. The van der Waals surface area contributed by atoms with Crippen molar-refractivity contribution in [2.75, 3.05) is 5.32 Å². The number of carbonyl (C=O) groups excluding carboxylic acids is 1. The van der Waals surface area contributed by atoms with Crippen LogP contribution in [-0.4, -0.2) is 15.9 Å². The van der Waals surface area contributed by atoms with Crippen molar-refractivity contribution in [3.8, 4) is 11.6 Å². The minimum absolute atomic E-state index is 0. The Morgan fingerprint density at radius 3 is 2.25 bits per heavy atom. The first-order chi connectivity index (χ1) is 15.1. The molecule has 32 heavy (non-hydrogen) atoms. The van der Waals surface area contributed by atoms with Crippen molar-refractivity contribution in [1.82, 2.24) is 9.97 Å². The highest BCUT2D eigenvalue weighted by molar-refractivity contribution is 6.07. The standard InChI is InChI=1S/C20H14F5N3O2.C2H4.H2/c1-10-14(20(23,24)25)9-26-19(30-15-7-8-16(22)27-11(15)2)17(10)18(29)28-13-5-3-12(21)4-6-13;1-2;/h3-9H,1-2H3,(H,28,29);1-2H2;1H. The fraction of sp³-hybridized carbons (Fsp3) is 0.136. The number of rotatable bonds is 4. The quantitative estimate of drug-likeness (QED) is 0.279. The third-order valence-corrected chi connectivity index (χ3v) is 4.15. The van der Waals surface area contributed by atoms with Crippen LogP contribution in [0.5, 0.6) is 11.6 Å². The summed E-state index contributed by atoms with van der Waals surface area (Å²) in [6.07, 6.45) is -4.21. The van der Waals surface area contributed by atoms with Crippen molar-refractivity contribution in [3.63, 3.8) is 0 Å². The molecule has 0 bridgehead atoms. The molecule has 0 spiro atoms. The molecule has 0 radical (unpaired) electrons. The van der Waals surface area contributed by atoms with Crippen LogP contribution >= 0.6 is 0 Å². The van der Waals surface area contributed by atoms with Crippen LogP contribution in [0.1, 0.15) is 28.6 Å². The van der Waals surface area contributed by atoms with Crippen LogP contribution in [0.25, 0.3) is 0 Å². The number of halogens is 5. The van der Waals surface area contributed by atoms with Gasteiger partial charge in [-0.05, 0) is 55.8 Å². The van der Waals surface area contributed by atoms with Crippen LogP contribution in [0, 0.1) is 25.6 Å². The molecule has 0 saturated heterocycles. The summed E-state index contributed by atoms with van der Waals surface area (Å²) in [7, 11) is 0. The molecule has 10 heteroatoms. The molecular weight excluding hydrogens is 433 g/mol. The summed E-state index contributed by atoms with van der Waals surface area (Å²) in [6.45, 7) is 8.53. The van der Waals surface area contributed by atoms with Gasteiger partial charge in [0.15, 0.2) is 5.75 Å². The summed E-state index contributed by atoms with van der Waals surface area (Å²) in [5.41, 5.74) is -1.74. The van der Waals surface area contributed by atoms with E-state index in [0.29, 0.717) is 6.20 Å². The van der Waals surface area contributed by atoms with Gasteiger partial charge in [-0.15, -0.1) is 13.2 Å². The molecule has 3 aromatic rings. The Hall–Kier alpha value is -3.82. The molecule has 0 aliphatic carbocycles. The van der Waals surface area contributed by atoms with Crippen LogP contribution in [0.3, 0.4) is 0 Å². The summed E-state index contributed by atoms with van der Waals surface area (Å²) in [6, 6.07) is 6.87. The molecule has 5 nitrogen and oxygen atoms in total. The van der Waals surface area contributed by atoms with Crippen molar-refractivity contribution in [2.24, 2.45) is 0 Å². The minimum atomic E-state index is -4.76. The van der Waals surface area contributed by atoms with Crippen LogP contribution < -0.4 is 10.1 Å². The van der Waals surface area contributed by atoms with E-state index in [0.717, 1.165) is 25.1 Å². The van der Waals surface area contributed by atoms with Crippen LogP contribution in [0.4, 0.5) is 27.6 Å². The molecule has 1 amide bonds. The predicted octanol–water partition coefficient (Wildman–Crippen LogP) is 6.48. The number of aromatic nitrogens is 2. The summed E-state index contributed by atoms with van der Waals surface area (Å²) in [5.74, 6) is -2.67. The van der Waals surface area contributed by atoms with Gasteiger partial charge in [0.05, 0.1) is 11.3 Å². The first-order valence-corrected chi connectivity index (χ1v) is 9.01. The number of nitrogens with one attached hydrogen (secondary N) is 1. The zero-order chi connectivity index (χ0) is 24.1. The average Bonchev–Trinajstić information content (AvgIpc) is 2.72. The fourth-order valence-corrected chi connectivity index (χ4v) is 2.67. The number of alkyl halides is 3. The Bertz CT molecular complexity index is 1120. The zero-order valence-electron chi connectivity index (χ0n) is 17.1. The summed E-state index contributed by atoms with van der Waals surface area (Å²) >= 11 is 0. The van der Waals surface area contributed by atoms with Crippen molar-refractivity contribution >= 4 is 11.6 Å². The molecular formula is C22H20F5N3O2. The highest BCUT2D eigenvalue weighted by Gasteiger charge is 2.36. The Morgan fingerprint density at radius 2 is 1.69 bits per heavy atom. The number of nitrogens with zero attached hydrogens (tertiary/aromatic N) is 2. The fourth-order valence-electron chi connectivity index (χ4n) is 2.67. The second-order valence-electron chi connectivity index (χ2n) is 6.26. The molecule has 1 N–H and O–H groups in total. The van der Waals surface area contributed by atoms with E-state index in [1.54, 1.807) is 0 Å². The van der Waals surface area contributed by atoms with Gasteiger partial charge in [0, 0.05) is 13.3 Å². The number of anilines is 1. The first kappa shape index (κ1) is 24.4. The van der Waals surface area contributed by atoms with E-state index in [1.165, 1.54) is 25.1 Å². The first-order valence-electron chi connectivity index (χ1n) is 9.01. The number of aryl methyl sites for hydroxylation is 1. The average molecular weight is 453 g/mol. The summed E-state index contributed by atoms with van der Waals surface area (Å²) < 4.78 is 71.7. The van der Waals surface area contributed by atoms with E-state index in [2.05, 4.69) is 28.4 Å². The maximum absolute atomic E-state index is 13.3. The Balaban J connectivity index is 0.00000177. The number of carbonyl (C=O) groups is 1. The topological polar surface area (TPSA) is 64.1 Å². The van der Waals surface area contributed by atoms with Gasteiger partial charge in [-0.2, -0.15) is 17.6 Å². The van der Waals surface area contributed by atoms with Gasteiger partial charge in [0.25, 0.3) is 5.91 Å². The number of amides is 1. The molecule has 0 fully saturated rings. The molecule has 170 valence electrons. The molecule has 0 unspecified atom stereocenters. The largest absolute Gasteiger partial charge is 0.436 e. The lowest BCUT2D eigenvalue weighted by Crippen LogP contribution is -2.19. The van der Waals surface area contributed by atoms with Crippen molar-refractivity contribution in [1.29, 1.82) is 0 Å². The maximum atomic E-state index is 13.3. The van der Waals surface area contributed by atoms with Gasteiger partial charge in [-0.3, -0.25) is 4.79 Å². The zero-order valence-corrected chi connectivity index (χ0v) is 17.1.